The fourth-order valence-electron chi connectivity index (χ4n) is 6.19. The van der Waals surface area contributed by atoms with Crippen LogP contribution in [0.1, 0.15) is 212 Å². The number of carboxylic acids is 2. The van der Waals surface area contributed by atoms with Crippen molar-refractivity contribution in [3.63, 3.8) is 0 Å². The maximum absolute atomic E-state index is 11.7. The van der Waals surface area contributed by atoms with E-state index in [0.717, 1.165) is 83.5 Å². The van der Waals surface area contributed by atoms with Crippen molar-refractivity contribution in [2.75, 3.05) is 14.2 Å². The van der Waals surface area contributed by atoms with Gasteiger partial charge >= 0.3 is 23.9 Å². The van der Waals surface area contributed by atoms with Gasteiger partial charge in [-0.1, -0.05) is 139 Å². The average Bonchev–Trinajstić information content (AvgIpc) is 3.18. The molecular weight excluding hydrogens is 741 g/mol. The molecule has 0 spiro atoms. The molecule has 59 heavy (non-hydrogen) atoms. The number of aliphatic carboxylic acids is 2. The van der Waals surface area contributed by atoms with Crippen molar-refractivity contribution < 1.29 is 38.9 Å². The lowest BCUT2D eigenvalue weighted by Crippen LogP contribution is -2.32. The minimum absolute atomic E-state index is 0.00915. The van der Waals surface area contributed by atoms with Gasteiger partial charge in [0.2, 0.25) is 0 Å². The number of carbonyl (C=O) groups excluding carboxylic acids is 2. The van der Waals surface area contributed by atoms with Crippen molar-refractivity contribution in [1.29, 1.82) is 0 Å². The third-order valence-electron chi connectivity index (χ3n) is 12.8. The quantitative estimate of drug-likeness (QED) is 0.0541. The molecule has 0 aromatic rings. The van der Waals surface area contributed by atoms with Gasteiger partial charge in [-0.3, -0.25) is 19.2 Å². The van der Waals surface area contributed by atoms with E-state index in [0.29, 0.717) is 29.1 Å². The molecule has 2 N–H and O–H groups in total. The average molecular weight is 835 g/mol. The van der Waals surface area contributed by atoms with Crippen molar-refractivity contribution in [2.45, 2.75) is 212 Å². The Morgan fingerprint density at radius 1 is 0.508 bits per heavy atom. The molecule has 0 aromatic carbocycles. The summed E-state index contributed by atoms with van der Waals surface area (Å²) in [5.41, 5.74) is 4.01. The Bertz CT molecular complexity index is 1260. The standard InChI is InChI=1S/C20H36O4.C16H30O2.C15H28O2/c1-8-19(4,5)13-11-15(2)10-9-12-20(6,18(22)23)14-16(3)17(21)24-7;1-7-16(4,5)12-11-13(2)9-8-10-14(3)15(17)18-6;1-6-15(4,5)11-10-12(2)8-7-9-13(3)14(16)17/h16H,2,8-14H2,1,3-7H3,(H,22,23);14H,2,7-12H2,1,3-6H3;13H,2,6-11H2,1,3-5H3,(H,16,17). The molecule has 0 aliphatic rings. The van der Waals surface area contributed by atoms with Crippen LogP contribution in [0, 0.1) is 39.4 Å². The molecule has 0 rings (SSSR count). The third-order valence-corrected chi connectivity index (χ3v) is 12.8. The first kappa shape index (κ1) is 60.4. The van der Waals surface area contributed by atoms with Gasteiger partial charge in [-0.2, -0.15) is 0 Å². The summed E-state index contributed by atoms with van der Waals surface area (Å²) in [6, 6.07) is 0. The van der Waals surface area contributed by atoms with E-state index in [1.54, 1.807) is 20.8 Å². The fraction of sp³-hybridized carbons (Fsp3) is 0.804. The highest BCUT2D eigenvalue weighted by atomic mass is 16.5. The molecule has 346 valence electrons. The van der Waals surface area contributed by atoms with Crippen LogP contribution in [0.3, 0.4) is 0 Å². The Morgan fingerprint density at radius 2 is 0.831 bits per heavy atom. The molecular formula is C51H94O8. The van der Waals surface area contributed by atoms with Crippen molar-refractivity contribution in [3.05, 3.63) is 36.5 Å². The molecule has 0 saturated heterocycles. The summed E-state index contributed by atoms with van der Waals surface area (Å²) < 4.78 is 9.42. The maximum atomic E-state index is 11.7. The SMILES string of the molecule is C=C(CCCC(C)(CC(C)C(=O)OC)C(=O)O)CCC(C)(C)CC.C=C(CCCC(C)C(=O)O)CCC(C)(C)CC.C=C(CCCC(C)C(=O)OC)CCC(C)(C)CC. The van der Waals surface area contributed by atoms with E-state index in [1.165, 1.54) is 56.6 Å². The first-order valence-corrected chi connectivity index (χ1v) is 22.7. The van der Waals surface area contributed by atoms with E-state index < -0.39 is 23.3 Å². The smallest absolute Gasteiger partial charge is 0.309 e. The lowest BCUT2D eigenvalue weighted by Gasteiger charge is -2.27. The molecule has 4 unspecified atom stereocenters. The Morgan fingerprint density at radius 3 is 1.14 bits per heavy atom. The van der Waals surface area contributed by atoms with Crippen LogP contribution >= 0.6 is 0 Å². The normalized spacial score (nSPS) is 14.2. The van der Waals surface area contributed by atoms with E-state index in [1.807, 2.05) is 6.92 Å². The first-order valence-electron chi connectivity index (χ1n) is 22.7. The van der Waals surface area contributed by atoms with Crippen LogP contribution in [0.2, 0.25) is 0 Å². The van der Waals surface area contributed by atoms with E-state index in [4.69, 9.17) is 14.6 Å². The number of allylic oxidation sites excluding steroid dienone is 3. The fourth-order valence-corrected chi connectivity index (χ4v) is 6.19. The molecule has 8 nitrogen and oxygen atoms in total. The van der Waals surface area contributed by atoms with Gasteiger partial charge in [0, 0.05) is 0 Å². The minimum Gasteiger partial charge on any atom is -0.481 e. The number of carbonyl (C=O) groups is 4. The minimum atomic E-state index is -0.906. The van der Waals surface area contributed by atoms with Gasteiger partial charge in [0.05, 0.1) is 37.4 Å². The highest BCUT2D eigenvalue weighted by Crippen LogP contribution is 2.35. The number of hydrogen-bond donors (Lipinski definition) is 2. The van der Waals surface area contributed by atoms with E-state index in [-0.39, 0.29) is 23.8 Å². The van der Waals surface area contributed by atoms with Gasteiger partial charge in [0.25, 0.3) is 0 Å². The molecule has 0 amide bonds. The highest BCUT2D eigenvalue weighted by Gasteiger charge is 2.36. The summed E-state index contributed by atoms with van der Waals surface area (Å²) in [5.74, 6) is -2.63. The number of methoxy groups -OCH3 is 2. The zero-order chi connectivity index (χ0) is 46.6. The summed E-state index contributed by atoms with van der Waals surface area (Å²) in [7, 11) is 2.78. The molecule has 0 aromatic heterocycles. The molecule has 8 heteroatoms. The van der Waals surface area contributed by atoms with Crippen LogP contribution in [0.25, 0.3) is 0 Å². The van der Waals surface area contributed by atoms with Crippen LogP contribution in [-0.4, -0.2) is 48.3 Å². The summed E-state index contributed by atoms with van der Waals surface area (Å²) in [5, 5.41) is 18.3. The molecule has 0 aliphatic heterocycles. The maximum Gasteiger partial charge on any atom is 0.309 e. The molecule has 0 radical (unpaired) electrons. The monoisotopic (exact) mass is 835 g/mol. The lowest BCUT2D eigenvalue weighted by molar-refractivity contribution is -0.153. The third kappa shape index (κ3) is 31.6. The second-order valence-electron chi connectivity index (χ2n) is 20.1. The van der Waals surface area contributed by atoms with E-state index in [9.17, 15) is 24.3 Å². The van der Waals surface area contributed by atoms with Gasteiger partial charge in [0.1, 0.15) is 0 Å². The predicted molar refractivity (Wildman–Crippen MR) is 248 cm³/mol. The van der Waals surface area contributed by atoms with Gasteiger partial charge in [-0.05, 0) is 126 Å². The van der Waals surface area contributed by atoms with Crippen molar-refractivity contribution >= 4 is 23.9 Å². The molecule has 0 heterocycles. The van der Waals surface area contributed by atoms with Gasteiger partial charge in [-0.25, -0.2) is 0 Å². The summed E-state index contributed by atoms with van der Waals surface area (Å²) in [6.07, 6.45) is 18.3. The number of ether oxygens (including phenoxy) is 2. The van der Waals surface area contributed by atoms with Crippen LogP contribution in [-0.2, 0) is 28.7 Å². The van der Waals surface area contributed by atoms with E-state index >= 15 is 0 Å². The summed E-state index contributed by atoms with van der Waals surface area (Å²) in [6.45, 7) is 39.9. The van der Waals surface area contributed by atoms with Crippen LogP contribution in [0.5, 0.6) is 0 Å². The molecule has 4 atom stereocenters. The topological polar surface area (TPSA) is 127 Å². The Hall–Kier alpha value is -2.90. The zero-order valence-corrected chi connectivity index (χ0v) is 41.1. The highest BCUT2D eigenvalue weighted by molar-refractivity contribution is 5.77. The van der Waals surface area contributed by atoms with Gasteiger partial charge in [0.15, 0.2) is 0 Å². The molecule has 0 aliphatic carbocycles. The Balaban J connectivity index is -0.000000814. The summed E-state index contributed by atoms with van der Waals surface area (Å²) >= 11 is 0. The second kappa shape index (κ2) is 31.0. The van der Waals surface area contributed by atoms with Crippen molar-refractivity contribution in [2.24, 2.45) is 39.4 Å². The van der Waals surface area contributed by atoms with E-state index in [2.05, 4.69) is 82.1 Å². The zero-order valence-electron chi connectivity index (χ0n) is 41.1. The number of rotatable bonds is 30. The van der Waals surface area contributed by atoms with Crippen molar-refractivity contribution in [3.8, 4) is 0 Å². The predicted octanol–water partition coefficient (Wildman–Crippen LogP) is 14.6. The van der Waals surface area contributed by atoms with Crippen molar-refractivity contribution in [1.82, 2.24) is 0 Å². The first-order chi connectivity index (χ1) is 27.1. The second-order valence-corrected chi connectivity index (χ2v) is 20.1. The summed E-state index contributed by atoms with van der Waals surface area (Å²) in [4.78, 5) is 45.1. The van der Waals surface area contributed by atoms with Gasteiger partial charge in [-0.15, -0.1) is 0 Å². The number of hydrogen-bond acceptors (Lipinski definition) is 6. The van der Waals surface area contributed by atoms with Gasteiger partial charge < -0.3 is 19.7 Å². The largest absolute Gasteiger partial charge is 0.481 e. The Labute approximate surface area is 363 Å². The molecule has 0 saturated carbocycles. The lowest BCUT2D eigenvalue weighted by atomic mass is 9.77. The molecule has 0 fully saturated rings. The Kier molecular flexibility index (Phi) is 31.8. The number of carboxylic acid groups (broad SMARTS) is 2. The van der Waals surface area contributed by atoms with Crippen LogP contribution in [0.15, 0.2) is 36.5 Å². The van der Waals surface area contributed by atoms with Crippen LogP contribution in [0.4, 0.5) is 0 Å². The van der Waals surface area contributed by atoms with Crippen LogP contribution < -0.4 is 0 Å². The molecule has 0 bridgehead atoms. The number of esters is 2.